The molecule has 1 aromatic rings. The monoisotopic (exact) mass is 249 g/mol. The number of benzene rings is 1. The van der Waals surface area contributed by atoms with E-state index in [0.29, 0.717) is 12.1 Å². The molecule has 1 aromatic carbocycles. The normalized spacial score (nSPS) is 19.8. The molecule has 1 atom stereocenters. The van der Waals surface area contributed by atoms with Crippen LogP contribution in [0.2, 0.25) is 0 Å². The van der Waals surface area contributed by atoms with E-state index in [0.717, 1.165) is 19.3 Å². The number of hydrogen-bond donors (Lipinski definition) is 2. The number of aromatic hydroxyl groups is 1. The van der Waals surface area contributed by atoms with E-state index in [1.165, 1.54) is 0 Å². The molecule has 0 radical (unpaired) electrons. The Morgan fingerprint density at radius 3 is 2.83 bits per heavy atom. The van der Waals surface area contributed by atoms with Crippen LogP contribution in [0.3, 0.4) is 0 Å². The van der Waals surface area contributed by atoms with Gasteiger partial charge in [-0.15, -0.1) is 0 Å². The Balaban J connectivity index is 2.05. The van der Waals surface area contributed by atoms with Crippen molar-refractivity contribution in [1.82, 2.24) is 4.90 Å². The summed E-state index contributed by atoms with van der Waals surface area (Å²) in [6.07, 6.45) is 3.11. The Morgan fingerprint density at radius 1 is 1.33 bits per heavy atom. The van der Waals surface area contributed by atoms with Crippen LogP contribution in [-0.4, -0.2) is 40.2 Å². The number of aliphatic hydroxyl groups excluding tert-OH is 1. The van der Waals surface area contributed by atoms with Gasteiger partial charge in [-0.2, -0.15) is 0 Å². The van der Waals surface area contributed by atoms with E-state index in [9.17, 15) is 15.0 Å². The minimum Gasteiger partial charge on any atom is -0.508 e. The Bertz CT molecular complexity index is 419. The maximum absolute atomic E-state index is 12.2. The first-order valence-electron chi connectivity index (χ1n) is 6.39. The summed E-state index contributed by atoms with van der Waals surface area (Å²) >= 11 is 0. The maximum Gasteiger partial charge on any atom is 0.227 e. The van der Waals surface area contributed by atoms with E-state index >= 15 is 0 Å². The number of phenolic OH excluding ortho intramolecular Hbond substituents is 1. The van der Waals surface area contributed by atoms with Crippen LogP contribution in [0.5, 0.6) is 5.75 Å². The highest BCUT2D eigenvalue weighted by atomic mass is 16.3. The summed E-state index contributed by atoms with van der Waals surface area (Å²) in [6, 6.07) is 6.83. The summed E-state index contributed by atoms with van der Waals surface area (Å²) < 4.78 is 0. The van der Waals surface area contributed by atoms with Gasteiger partial charge in [0.15, 0.2) is 0 Å². The van der Waals surface area contributed by atoms with Gasteiger partial charge in [-0.1, -0.05) is 18.2 Å². The molecule has 1 aliphatic heterocycles. The molecule has 18 heavy (non-hydrogen) atoms. The number of phenols is 1. The molecule has 1 amide bonds. The zero-order chi connectivity index (χ0) is 13.0. The standard InChI is InChI=1S/C14H19NO3/c16-10-12-6-3-4-8-15(12)14(18)9-11-5-1-2-7-13(11)17/h1-2,5,7,12,16-17H,3-4,6,8-10H2. The van der Waals surface area contributed by atoms with Crippen molar-refractivity contribution in [2.45, 2.75) is 31.7 Å². The van der Waals surface area contributed by atoms with E-state index in [-0.39, 0.29) is 30.7 Å². The molecular formula is C14H19NO3. The molecule has 1 saturated heterocycles. The van der Waals surface area contributed by atoms with Crippen molar-refractivity contribution in [3.63, 3.8) is 0 Å². The molecular weight excluding hydrogens is 230 g/mol. The van der Waals surface area contributed by atoms with Crippen LogP contribution in [-0.2, 0) is 11.2 Å². The lowest BCUT2D eigenvalue weighted by molar-refractivity contribution is -0.135. The van der Waals surface area contributed by atoms with Gasteiger partial charge in [0.05, 0.1) is 19.1 Å². The van der Waals surface area contributed by atoms with Gasteiger partial charge in [0.1, 0.15) is 5.75 Å². The number of piperidine rings is 1. The molecule has 4 nitrogen and oxygen atoms in total. The molecule has 1 fully saturated rings. The molecule has 2 rings (SSSR count). The average molecular weight is 249 g/mol. The minimum absolute atomic E-state index is 0.0183. The molecule has 98 valence electrons. The van der Waals surface area contributed by atoms with Crippen molar-refractivity contribution in [2.24, 2.45) is 0 Å². The van der Waals surface area contributed by atoms with Crippen molar-refractivity contribution in [1.29, 1.82) is 0 Å². The number of carbonyl (C=O) groups excluding carboxylic acids is 1. The summed E-state index contributed by atoms with van der Waals surface area (Å²) in [6.45, 7) is 0.726. The van der Waals surface area contributed by atoms with Gasteiger partial charge < -0.3 is 15.1 Å². The molecule has 1 heterocycles. The van der Waals surface area contributed by atoms with Crippen molar-refractivity contribution in [3.8, 4) is 5.75 Å². The molecule has 0 aliphatic carbocycles. The zero-order valence-corrected chi connectivity index (χ0v) is 10.4. The van der Waals surface area contributed by atoms with Crippen LogP contribution in [0.25, 0.3) is 0 Å². The quantitative estimate of drug-likeness (QED) is 0.849. The number of carbonyl (C=O) groups is 1. The molecule has 0 aromatic heterocycles. The van der Waals surface area contributed by atoms with E-state index in [1.807, 2.05) is 6.07 Å². The Labute approximate surface area is 107 Å². The minimum atomic E-state index is -0.0582. The van der Waals surface area contributed by atoms with Gasteiger partial charge in [-0.3, -0.25) is 4.79 Å². The summed E-state index contributed by atoms with van der Waals surface area (Å²) in [5.41, 5.74) is 0.643. The van der Waals surface area contributed by atoms with Crippen LogP contribution in [0, 0.1) is 0 Å². The fourth-order valence-electron chi connectivity index (χ4n) is 2.44. The Hall–Kier alpha value is -1.55. The molecule has 1 unspecified atom stereocenters. The molecule has 2 N–H and O–H groups in total. The average Bonchev–Trinajstić information content (AvgIpc) is 2.41. The second-order valence-electron chi connectivity index (χ2n) is 4.72. The van der Waals surface area contributed by atoms with Crippen LogP contribution in [0.1, 0.15) is 24.8 Å². The maximum atomic E-state index is 12.2. The van der Waals surface area contributed by atoms with E-state index in [4.69, 9.17) is 0 Å². The Kier molecular flexibility index (Phi) is 4.20. The third kappa shape index (κ3) is 2.82. The molecule has 0 spiro atoms. The highest BCUT2D eigenvalue weighted by Crippen LogP contribution is 2.21. The zero-order valence-electron chi connectivity index (χ0n) is 10.4. The first-order valence-corrected chi connectivity index (χ1v) is 6.39. The van der Waals surface area contributed by atoms with Crippen molar-refractivity contribution >= 4 is 5.91 Å². The SMILES string of the molecule is O=C(Cc1ccccc1O)N1CCCCC1CO. The Morgan fingerprint density at radius 2 is 2.11 bits per heavy atom. The van der Waals surface area contributed by atoms with Gasteiger partial charge in [0.2, 0.25) is 5.91 Å². The summed E-state index contributed by atoms with van der Waals surface area (Å²) in [4.78, 5) is 13.9. The fourth-order valence-corrected chi connectivity index (χ4v) is 2.44. The summed E-state index contributed by atoms with van der Waals surface area (Å²) in [5, 5.41) is 18.9. The molecule has 0 saturated carbocycles. The first-order chi connectivity index (χ1) is 8.72. The first kappa shape index (κ1) is 12.9. The topological polar surface area (TPSA) is 60.8 Å². The summed E-state index contributed by atoms with van der Waals surface area (Å²) in [5.74, 6) is 0.138. The molecule has 4 heteroatoms. The van der Waals surface area contributed by atoms with E-state index in [1.54, 1.807) is 23.1 Å². The van der Waals surface area contributed by atoms with Gasteiger partial charge in [0, 0.05) is 12.1 Å². The number of nitrogens with zero attached hydrogens (tertiary/aromatic N) is 1. The van der Waals surface area contributed by atoms with Gasteiger partial charge in [-0.25, -0.2) is 0 Å². The van der Waals surface area contributed by atoms with Crippen molar-refractivity contribution < 1.29 is 15.0 Å². The van der Waals surface area contributed by atoms with Gasteiger partial charge in [0.25, 0.3) is 0 Å². The number of rotatable bonds is 3. The predicted molar refractivity (Wildman–Crippen MR) is 68.2 cm³/mol. The van der Waals surface area contributed by atoms with Crippen LogP contribution in [0.4, 0.5) is 0 Å². The molecule has 0 bridgehead atoms. The number of hydrogen-bond acceptors (Lipinski definition) is 3. The lowest BCUT2D eigenvalue weighted by atomic mass is 10.0. The number of para-hydroxylation sites is 1. The second-order valence-corrected chi connectivity index (χ2v) is 4.72. The van der Waals surface area contributed by atoms with E-state index < -0.39 is 0 Å². The lowest BCUT2D eigenvalue weighted by Crippen LogP contribution is -2.46. The highest BCUT2D eigenvalue weighted by Gasteiger charge is 2.26. The van der Waals surface area contributed by atoms with Crippen molar-refractivity contribution in [3.05, 3.63) is 29.8 Å². The van der Waals surface area contributed by atoms with Crippen LogP contribution >= 0.6 is 0 Å². The predicted octanol–water partition coefficient (Wildman–Crippen LogP) is 1.31. The highest BCUT2D eigenvalue weighted by molar-refractivity contribution is 5.79. The van der Waals surface area contributed by atoms with E-state index in [2.05, 4.69) is 0 Å². The lowest BCUT2D eigenvalue weighted by Gasteiger charge is -2.34. The van der Waals surface area contributed by atoms with Crippen LogP contribution < -0.4 is 0 Å². The largest absolute Gasteiger partial charge is 0.508 e. The third-order valence-electron chi connectivity index (χ3n) is 3.49. The van der Waals surface area contributed by atoms with Gasteiger partial charge >= 0.3 is 0 Å². The second kappa shape index (κ2) is 5.87. The smallest absolute Gasteiger partial charge is 0.227 e. The van der Waals surface area contributed by atoms with Gasteiger partial charge in [-0.05, 0) is 25.3 Å². The van der Waals surface area contributed by atoms with Crippen molar-refractivity contribution in [2.75, 3.05) is 13.2 Å². The summed E-state index contributed by atoms with van der Waals surface area (Å²) in [7, 11) is 0. The number of amides is 1. The number of likely N-dealkylation sites (tertiary alicyclic amines) is 1. The third-order valence-corrected chi connectivity index (χ3v) is 3.49. The van der Waals surface area contributed by atoms with Crippen LogP contribution in [0.15, 0.2) is 24.3 Å². The fraction of sp³-hybridized carbons (Fsp3) is 0.500. The molecule has 1 aliphatic rings. The number of aliphatic hydroxyl groups is 1.